The Kier molecular flexibility index (Phi) is 5.19. The summed E-state index contributed by atoms with van der Waals surface area (Å²) in [4.78, 5) is 0.0206. The summed E-state index contributed by atoms with van der Waals surface area (Å²) in [5, 5.41) is 0.394. The van der Waals surface area contributed by atoms with Gasteiger partial charge in [0.25, 0.3) is 0 Å². The van der Waals surface area contributed by atoms with E-state index in [1.165, 1.54) is 18.2 Å². The molecule has 0 radical (unpaired) electrons. The molecule has 18 heavy (non-hydrogen) atoms. The highest BCUT2D eigenvalue weighted by atomic mass is 79.9. The zero-order chi connectivity index (χ0) is 14.0. The van der Waals surface area contributed by atoms with Crippen molar-refractivity contribution in [1.82, 2.24) is 4.72 Å². The minimum absolute atomic E-state index is 0.0206. The zero-order valence-electron chi connectivity index (χ0n) is 9.35. The van der Waals surface area contributed by atoms with E-state index in [1.54, 1.807) is 0 Å². The van der Waals surface area contributed by atoms with Crippen LogP contribution < -0.4 is 4.72 Å². The van der Waals surface area contributed by atoms with E-state index in [4.69, 9.17) is 11.6 Å². The van der Waals surface area contributed by atoms with Crippen molar-refractivity contribution in [3.63, 3.8) is 0 Å². The molecule has 0 bridgehead atoms. The molecule has 0 saturated heterocycles. The molecule has 1 aromatic rings. The molecular weight excluding hydrogens is 366 g/mol. The summed E-state index contributed by atoms with van der Waals surface area (Å²) in [6.07, 6.45) is 1.04. The second kappa shape index (κ2) is 5.87. The van der Waals surface area contributed by atoms with Crippen molar-refractivity contribution in [3.8, 4) is 0 Å². The van der Waals surface area contributed by atoms with Crippen molar-refractivity contribution in [3.05, 3.63) is 27.7 Å². The van der Waals surface area contributed by atoms with E-state index in [0.717, 1.165) is 6.26 Å². The normalized spacial score (nSPS) is 12.6. The van der Waals surface area contributed by atoms with Gasteiger partial charge in [-0.25, -0.2) is 21.6 Å². The maximum atomic E-state index is 11.8. The first-order valence-electron chi connectivity index (χ1n) is 4.74. The van der Waals surface area contributed by atoms with Gasteiger partial charge in [-0.2, -0.15) is 0 Å². The molecule has 0 fully saturated rings. The Labute approximate surface area is 120 Å². The van der Waals surface area contributed by atoms with Gasteiger partial charge in [0, 0.05) is 17.3 Å². The van der Waals surface area contributed by atoms with Crippen LogP contribution >= 0.6 is 27.5 Å². The predicted octanol–water partition coefficient (Wildman–Crippen LogP) is 1.43. The molecule has 5 nitrogen and oxygen atoms in total. The van der Waals surface area contributed by atoms with Crippen LogP contribution in [0.25, 0.3) is 0 Å². The van der Waals surface area contributed by atoms with Gasteiger partial charge in [-0.3, -0.25) is 0 Å². The van der Waals surface area contributed by atoms with Crippen LogP contribution in [-0.4, -0.2) is 35.4 Å². The molecule has 1 aromatic carbocycles. The maximum absolute atomic E-state index is 11.8. The van der Waals surface area contributed by atoms with Crippen LogP contribution in [0, 0.1) is 0 Å². The third-order valence-corrected chi connectivity index (χ3v) is 5.58. The molecule has 0 unspecified atom stereocenters. The van der Waals surface area contributed by atoms with E-state index < -0.39 is 19.9 Å². The van der Waals surface area contributed by atoms with Gasteiger partial charge in [0.05, 0.1) is 15.7 Å². The molecule has 0 saturated carbocycles. The van der Waals surface area contributed by atoms with Crippen LogP contribution in [0.2, 0.25) is 5.02 Å². The summed E-state index contributed by atoms with van der Waals surface area (Å²) >= 11 is 8.87. The quantitative estimate of drug-likeness (QED) is 0.843. The Morgan fingerprint density at radius 2 is 1.89 bits per heavy atom. The lowest BCUT2D eigenvalue weighted by Crippen LogP contribution is -2.28. The monoisotopic (exact) mass is 375 g/mol. The van der Waals surface area contributed by atoms with Crippen molar-refractivity contribution in [2.45, 2.75) is 4.90 Å². The molecule has 1 rings (SSSR count). The Bertz CT molecular complexity index is 643. The van der Waals surface area contributed by atoms with E-state index in [-0.39, 0.29) is 17.2 Å². The highest BCUT2D eigenvalue weighted by Gasteiger charge is 2.15. The largest absolute Gasteiger partial charge is 0.240 e. The van der Waals surface area contributed by atoms with Crippen LogP contribution in [0.1, 0.15) is 0 Å². The lowest BCUT2D eigenvalue weighted by molar-refractivity contribution is 0.582. The molecule has 0 aliphatic carbocycles. The number of benzene rings is 1. The molecule has 102 valence electrons. The summed E-state index contributed by atoms with van der Waals surface area (Å²) < 4.78 is 48.1. The fourth-order valence-electron chi connectivity index (χ4n) is 1.09. The summed E-state index contributed by atoms with van der Waals surface area (Å²) in [6.45, 7) is -0.165. The zero-order valence-corrected chi connectivity index (χ0v) is 13.3. The lowest BCUT2D eigenvalue weighted by Gasteiger charge is -2.07. The molecule has 0 amide bonds. The SMILES string of the molecule is CS(=O)(=O)CCNS(=O)(=O)c1ccc(Cl)c(Br)c1. The number of sulfone groups is 1. The van der Waals surface area contributed by atoms with Gasteiger partial charge in [-0.15, -0.1) is 0 Å². The average molecular weight is 377 g/mol. The van der Waals surface area contributed by atoms with Crippen molar-refractivity contribution in [2.75, 3.05) is 18.6 Å². The first-order valence-corrected chi connectivity index (χ1v) is 9.46. The molecule has 0 spiro atoms. The third kappa shape index (κ3) is 4.85. The van der Waals surface area contributed by atoms with E-state index in [0.29, 0.717) is 9.50 Å². The Hall–Kier alpha value is -0.150. The minimum atomic E-state index is -3.73. The average Bonchev–Trinajstić information content (AvgIpc) is 2.19. The first kappa shape index (κ1) is 15.9. The van der Waals surface area contributed by atoms with Gasteiger partial charge < -0.3 is 0 Å². The van der Waals surface area contributed by atoms with E-state index in [1.807, 2.05) is 0 Å². The van der Waals surface area contributed by atoms with Crippen molar-refractivity contribution >= 4 is 47.4 Å². The Morgan fingerprint density at radius 3 is 2.39 bits per heavy atom. The van der Waals surface area contributed by atoms with Crippen molar-refractivity contribution < 1.29 is 16.8 Å². The predicted molar refractivity (Wildman–Crippen MR) is 74.1 cm³/mol. The van der Waals surface area contributed by atoms with E-state index >= 15 is 0 Å². The second-order valence-electron chi connectivity index (χ2n) is 3.60. The number of halogens is 2. The topological polar surface area (TPSA) is 80.3 Å². The first-order chi connectivity index (χ1) is 8.12. The Morgan fingerprint density at radius 1 is 1.28 bits per heavy atom. The molecule has 0 aliphatic rings. The highest BCUT2D eigenvalue weighted by molar-refractivity contribution is 9.10. The van der Waals surface area contributed by atoms with Crippen LogP contribution in [0.4, 0.5) is 0 Å². The maximum Gasteiger partial charge on any atom is 0.240 e. The number of hydrogen-bond acceptors (Lipinski definition) is 4. The molecule has 1 N–H and O–H groups in total. The standard InChI is InChI=1S/C9H11BrClNO4S2/c1-17(13,14)5-4-12-18(15,16)7-2-3-9(11)8(10)6-7/h2-3,6,12H,4-5H2,1H3. The fourth-order valence-corrected chi connectivity index (χ4v) is 3.40. The fraction of sp³-hybridized carbons (Fsp3) is 0.333. The summed E-state index contributed by atoms with van der Waals surface area (Å²) in [5.41, 5.74) is 0. The van der Waals surface area contributed by atoms with Gasteiger partial charge >= 0.3 is 0 Å². The van der Waals surface area contributed by atoms with Crippen LogP contribution in [0.3, 0.4) is 0 Å². The van der Waals surface area contributed by atoms with Gasteiger partial charge in [0.2, 0.25) is 10.0 Å². The number of sulfonamides is 1. The van der Waals surface area contributed by atoms with Crippen LogP contribution in [-0.2, 0) is 19.9 Å². The van der Waals surface area contributed by atoms with Crippen LogP contribution in [0.15, 0.2) is 27.6 Å². The van der Waals surface area contributed by atoms with Gasteiger partial charge in [0.1, 0.15) is 9.84 Å². The van der Waals surface area contributed by atoms with Crippen LogP contribution in [0.5, 0.6) is 0 Å². The molecule has 9 heteroatoms. The summed E-state index contributed by atoms with van der Waals surface area (Å²) in [5.74, 6) is -0.249. The van der Waals surface area contributed by atoms with E-state index in [9.17, 15) is 16.8 Å². The van der Waals surface area contributed by atoms with Gasteiger partial charge in [0.15, 0.2) is 0 Å². The molecule has 0 atom stereocenters. The number of nitrogens with one attached hydrogen (secondary N) is 1. The summed E-state index contributed by atoms with van der Waals surface area (Å²) in [7, 11) is -6.93. The lowest BCUT2D eigenvalue weighted by atomic mass is 10.4. The molecule has 0 heterocycles. The molecular formula is C9H11BrClNO4S2. The van der Waals surface area contributed by atoms with Crippen molar-refractivity contribution in [1.29, 1.82) is 0 Å². The van der Waals surface area contributed by atoms with E-state index in [2.05, 4.69) is 20.7 Å². The smallest absolute Gasteiger partial charge is 0.229 e. The molecule has 0 aliphatic heterocycles. The number of rotatable bonds is 5. The molecule has 0 aromatic heterocycles. The van der Waals surface area contributed by atoms with Gasteiger partial charge in [-0.05, 0) is 34.1 Å². The summed E-state index contributed by atoms with van der Waals surface area (Å²) in [6, 6.07) is 4.14. The number of hydrogen-bond donors (Lipinski definition) is 1. The van der Waals surface area contributed by atoms with Gasteiger partial charge in [-0.1, -0.05) is 11.6 Å². The third-order valence-electron chi connectivity index (χ3n) is 1.97. The van der Waals surface area contributed by atoms with Crippen molar-refractivity contribution in [2.24, 2.45) is 0 Å². The highest BCUT2D eigenvalue weighted by Crippen LogP contribution is 2.25. The Balaban J connectivity index is 2.84. The minimum Gasteiger partial charge on any atom is -0.229 e. The second-order valence-corrected chi connectivity index (χ2v) is 8.89.